The molecule has 0 fully saturated rings. The zero-order valence-electron chi connectivity index (χ0n) is 18.6. The highest BCUT2D eigenvalue weighted by Gasteiger charge is 2.35. The van der Waals surface area contributed by atoms with Crippen LogP contribution in [0, 0.1) is 0 Å². The topological polar surface area (TPSA) is 115 Å². The number of carboxylic acids is 2. The van der Waals surface area contributed by atoms with Gasteiger partial charge in [0.05, 0.1) is 27.1 Å². The molecule has 2 N–H and O–H groups in total. The summed E-state index contributed by atoms with van der Waals surface area (Å²) in [5.41, 5.74) is 5.34. The molecular formula is C24H27NO8. The smallest absolute Gasteiger partial charge is 0.303 e. The predicted molar refractivity (Wildman–Crippen MR) is 117 cm³/mol. The van der Waals surface area contributed by atoms with Crippen LogP contribution in [0.5, 0.6) is 23.0 Å². The molecule has 0 radical (unpaired) electrons. The van der Waals surface area contributed by atoms with Gasteiger partial charge in [-0.25, -0.2) is 0 Å². The van der Waals surface area contributed by atoms with Gasteiger partial charge >= 0.3 is 11.9 Å². The number of aliphatic carboxylic acids is 2. The number of nitrogens with zero attached hydrogens (tertiary/aromatic N) is 1. The molecule has 0 aliphatic carbocycles. The van der Waals surface area contributed by atoms with E-state index < -0.39 is 11.9 Å². The van der Waals surface area contributed by atoms with Crippen molar-refractivity contribution in [1.29, 1.82) is 0 Å². The second-order valence-corrected chi connectivity index (χ2v) is 8.07. The second kappa shape index (κ2) is 9.58. The van der Waals surface area contributed by atoms with E-state index in [1.807, 2.05) is 6.07 Å². The number of methoxy groups -OCH3 is 2. The molecule has 1 atom stereocenters. The fourth-order valence-corrected chi connectivity index (χ4v) is 4.59. The Morgan fingerprint density at radius 3 is 2.36 bits per heavy atom. The van der Waals surface area contributed by atoms with Gasteiger partial charge in [0.2, 0.25) is 6.79 Å². The molecule has 0 saturated carbocycles. The van der Waals surface area contributed by atoms with Gasteiger partial charge < -0.3 is 29.2 Å². The second-order valence-electron chi connectivity index (χ2n) is 8.07. The first-order valence-corrected chi connectivity index (χ1v) is 10.7. The van der Waals surface area contributed by atoms with Crippen molar-refractivity contribution in [1.82, 2.24) is 4.90 Å². The molecule has 2 aromatic rings. The Kier molecular flexibility index (Phi) is 6.60. The minimum absolute atomic E-state index is 0.296. The van der Waals surface area contributed by atoms with Crippen LogP contribution >= 0.6 is 0 Å². The van der Waals surface area contributed by atoms with Crippen molar-refractivity contribution in [2.45, 2.75) is 38.3 Å². The normalized spacial score (nSPS) is 17.6. The van der Waals surface area contributed by atoms with Crippen molar-refractivity contribution in [2.24, 2.45) is 0 Å². The van der Waals surface area contributed by atoms with E-state index in [4.69, 9.17) is 29.2 Å². The molecule has 0 saturated heterocycles. The van der Waals surface area contributed by atoms with Crippen LogP contribution in [0.2, 0.25) is 0 Å². The van der Waals surface area contributed by atoms with Crippen LogP contribution in [0.25, 0.3) is 0 Å². The fourth-order valence-electron chi connectivity index (χ4n) is 4.59. The van der Waals surface area contributed by atoms with E-state index >= 15 is 0 Å². The lowest BCUT2D eigenvalue weighted by Crippen LogP contribution is -2.39. The molecule has 5 rings (SSSR count). The first kappa shape index (κ1) is 22.7. The summed E-state index contributed by atoms with van der Waals surface area (Å²) in [6.07, 6.45) is 1.41. The molecule has 9 heteroatoms. The molecule has 3 aliphatic heterocycles. The van der Waals surface area contributed by atoms with Gasteiger partial charge in [-0.2, -0.15) is 0 Å². The quantitative estimate of drug-likeness (QED) is 0.699. The Morgan fingerprint density at radius 1 is 1.03 bits per heavy atom. The lowest BCUT2D eigenvalue weighted by molar-refractivity contribution is -0.143. The molecule has 176 valence electrons. The lowest BCUT2D eigenvalue weighted by atomic mass is 9.83. The van der Waals surface area contributed by atoms with Gasteiger partial charge in [-0.15, -0.1) is 0 Å². The summed E-state index contributed by atoms with van der Waals surface area (Å²) < 4.78 is 22.3. The highest BCUT2D eigenvalue weighted by molar-refractivity contribution is 5.75. The first-order chi connectivity index (χ1) is 15.9. The third-order valence-corrected chi connectivity index (χ3v) is 6.18. The minimum atomic E-state index is -1.08. The number of ether oxygens (including phenoxy) is 4. The SMILES string of the molecule is COc1ccc2c(c1OC)CN1CCc3cc4c(cc3C1C2)OCO4.O=C(O)CCC(=O)O. The maximum absolute atomic E-state index is 9.64. The number of carbonyl (C=O) groups is 2. The van der Waals surface area contributed by atoms with Crippen LogP contribution in [-0.2, 0) is 29.0 Å². The number of rotatable bonds is 5. The van der Waals surface area contributed by atoms with Gasteiger partial charge in [0.25, 0.3) is 0 Å². The molecule has 0 spiro atoms. The van der Waals surface area contributed by atoms with E-state index in [0.717, 1.165) is 48.9 Å². The van der Waals surface area contributed by atoms with Crippen molar-refractivity contribution in [2.75, 3.05) is 27.6 Å². The maximum atomic E-state index is 9.64. The van der Waals surface area contributed by atoms with E-state index in [1.165, 1.54) is 22.3 Å². The zero-order valence-corrected chi connectivity index (χ0v) is 18.6. The highest BCUT2D eigenvalue weighted by atomic mass is 16.7. The first-order valence-electron chi connectivity index (χ1n) is 10.7. The van der Waals surface area contributed by atoms with E-state index in [0.29, 0.717) is 12.8 Å². The number of hydrogen-bond donors (Lipinski definition) is 2. The summed E-state index contributed by atoms with van der Waals surface area (Å²) in [5, 5.41) is 15.8. The molecule has 0 aromatic heterocycles. The number of benzene rings is 2. The van der Waals surface area contributed by atoms with Crippen LogP contribution < -0.4 is 18.9 Å². The largest absolute Gasteiger partial charge is 0.493 e. The Labute approximate surface area is 191 Å². The molecule has 9 nitrogen and oxygen atoms in total. The van der Waals surface area contributed by atoms with Crippen molar-refractivity contribution in [3.05, 3.63) is 46.5 Å². The third kappa shape index (κ3) is 4.68. The zero-order chi connectivity index (χ0) is 23.5. The third-order valence-electron chi connectivity index (χ3n) is 6.18. The summed E-state index contributed by atoms with van der Waals surface area (Å²) in [6.45, 7) is 2.25. The van der Waals surface area contributed by atoms with Gasteiger partial charge in [0.1, 0.15) is 0 Å². The van der Waals surface area contributed by atoms with Gasteiger partial charge in [0.15, 0.2) is 23.0 Å². The summed E-state index contributed by atoms with van der Waals surface area (Å²) in [4.78, 5) is 21.8. The van der Waals surface area contributed by atoms with E-state index in [2.05, 4.69) is 23.1 Å². The Hall–Kier alpha value is -3.46. The maximum Gasteiger partial charge on any atom is 0.303 e. The summed E-state index contributed by atoms with van der Waals surface area (Å²) in [7, 11) is 3.41. The minimum Gasteiger partial charge on any atom is -0.493 e. The average Bonchev–Trinajstić information content (AvgIpc) is 3.27. The van der Waals surface area contributed by atoms with Gasteiger partial charge in [0, 0.05) is 24.7 Å². The number of carboxylic acid groups (broad SMARTS) is 2. The van der Waals surface area contributed by atoms with Gasteiger partial charge in [-0.3, -0.25) is 14.5 Å². The Balaban J connectivity index is 0.000000281. The van der Waals surface area contributed by atoms with E-state index in [1.54, 1.807) is 14.2 Å². The molecule has 0 amide bonds. The van der Waals surface area contributed by atoms with E-state index in [9.17, 15) is 9.59 Å². The van der Waals surface area contributed by atoms with Crippen LogP contribution in [0.4, 0.5) is 0 Å². The monoisotopic (exact) mass is 457 g/mol. The molecule has 33 heavy (non-hydrogen) atoms. The molecule has 0 bridgehead atoms. The van der Waals surface area contributed by atoms with Crippen molar-refractivity contribution >= 4 is 11.9 Å². The average molecular weight is 457 g/mol. The van der Waals surface area contributed by atoms with Crippen molar-refractivity contribution < 1.29 is 38.7 Å². The van der Waals surface area contributed by atoms with Crippen LogP contribution in [-0.4, -0.2) is 54.6 Å². The molecular weight excluding hydrogens is 430 g/mol. The fraction of sp³-hybridized carbons (Fsp3) is 0.417. The predicted octanol–water partition coefficient (Wildman–Crippen LogP) is 3.02. The Bertz CT molecular complexity index is 1050. The lowest BCUT2D eigenvalue weighted by Gasteiger charge is -2.42. The summed E-state index contributed by atoms with van der Waals surface area (Å²) in [6, 6.07) is 8.91. The van der Waals surface area contributed by atoms with Crippen LogP contribution in [0.3, 0.4) is 0 Å². The molecule has 1 unspecified atom stereocenters. The summed E-state index contributed by atoms with van der Waals surface area (Å²) >= 11 is 0. The van der Waals surface area contributed by atoms with Crippen LogP contribution in [0.1, 0.15) is 41.1 Å². The van der Waals surface area contributed by atoms with Crippen molar-refractivity contribution in [3.63, 3.8) is 0 Å². The Morgan fingerprint density at radius 2 is 1.73 bits per heavy atom. The molecule has 3 heterocycles. The number of hydrogen-bond acceptors (Lipinski definition) is 7. The van der Waals surface area contributed by atoms with E-state index in [-0.39, 0.29) is 12.8 Å². The highest BCUT2D eigenvalue weighted by Crippen LogP contribution is 2.46. The van der Waals surface area contributed by atoms with Gasteiger partial charge in [-0.1, -0.05) is 6.07 Å². The van der Waals surface area contributed by atoms with Crippen molar-refractivity contribution in [3.8, 4) is 23.0 Å². The molecule has 2 aromatic carbocycles. The summed E-state index contributed by atoms with van der Waals surface area (Å²) in [5.74, 6) is 1.28. The number of fused-ring (bicyclic) bond motifs is 5. The van der Waals surface area contributed by atoms with Gasteiger partial charge in [-0.05, 0) is 47.7 Å². The standard InChI is InChI=1S/C20H21NO4.C4H6O4/c1-22-17-4-3-12-7-16-14-9-19-18(24-11-25-19)8-13(14)5-6-21(16)10-15(12)20(17)23-2;5-3(6)1-2-4(7)8/h3-4,8-9,16H,5-7,10-11H2,1-2H3;1-2H2,(H,5,6)(H,7,8). The van der Waals surface area contributed by atoms with Crippen LogP contribution in [0.15, 0.2) is 24.3 Å². The molecule has 3 aliphatic rings.